The highest BCUT2D eigenvalue weighted by Crippen LogP contribution is 2.44. The first-order chi connectivity index (χ1) is 9.20. The SMILES string of the molecule is COCCn1c(-c2sc(C3CC3)nc2C)n[nH]c1=S. The molecular weight excluding hydrogens is 280 g/mol. The van der Waals surface area contributed by atoms with Crippen LogP contribution in [-0.4, -0.2) is 33.5 Å². The van der Waals surface area contributed by atoms with Crippen LogP contribution >= 0.6 is 23.6 Å². The Morgan fingerprint density at radius 2 is 2.32 bits per heavy atom. The van der Waals surface area contributed by atoms with Crippen molar-refractivity contribution in [3.8, 4) is 10.7 Å². The lowest BCUT2D eigenvalue weighted by atomic mass is 10.3. The van der Waals surface area contributed by atoms with Gasteiger partial charge in [-0.1, -0.05) is 0 Å². The van der Waals surface area contributed by atoms with Gasteiger partial charge in [0, 0.05) is 13.0 Å². The van der Waals surface area contributed by atoms with Crippen LogP contribution in [-0.2, 0) is 11.3 Å². The van der Waals surface area contributed by atoms with Crippen molar-refractivity contribution >= 4 is 23.6 Å². The van der Waals surface area contributed by atoms with Crippen LogP contribution in [0.3, 0.4) is 0 Å². The van der Waals surface area contributed by atoms with Crippen molar-refractivity contribution < 1.29 is 4.74 Å². The second-order valence-corrected chi connectivity index (χ2v) is 6.16. The summed E-state index contributed by atoms with van der Waals surface area (Å²) in [6.45, 7) is 3.36. The minimum absolute atomic E-state index is 0.619. The highest BCUT2D eigenvalue weighted by atomic mass is 32.1. The lowest BCUT2D eigenvalue weighted by Crippen LogP contribution is -2.06. The van der Waals surface area contributed by atoms with Crippen LogP contribution in [0.15, 0.2) is 0 Å². The average molecular weight is 296 g/mol. The Bertz CT molecular complexity index is 638. The Kier molecular flexibility index (Phi) is 3.51. The van der Waals surface area contributed by atoms with E-state index >= 15 is 0 Å². The maximum absolute atomic E-state index is 5.27. The van der Waals surface area contributed by atoms with Gasteiger partial charge in [0.2, 0.25) is 0 Å². The molecule has 1 fully saturated rings. The van der Waals surface area contributed by atoms with Gasteiger partial charge in [-0.3, -0.25) is 9.67 Å². The number of thiazole rings is 1. The molecule has 1 aliphatic rings. The van der Waals surface area contributed by atoms with Crippen LogP contribution in [0.1, 0.15) is 29.5 Å². The first-order valence-electron chi connectivity index (χ1n) is 6.32. The zero-order chi connectivity index (χ0) is 13.4. The van der Waals surface area contributed by atoms with Gasteiger partial charge in [-0.2, -0.15) is 5.10 Å². The van der Waals surface area contributed by atoms with E-state index in [1.807, 2.05) is 11.5 Å². The van der Waals surface area contributed by atoms with Crippen LogP contribution in [0.5, 0.6) is 0 Å². The molecule has 0 unspecified atom stereocenters. The Balaban J connectivity index is 1.99. The number of ether oxygens (including phenoxy) is 1. The van der Waals surface area contributed by atoms with Gasteiger partial charge in [-0.05, 0) is 32.0 Å². The number of nitrogens with one attached hydrogen (secondary N) is 1. The van der Waals surface area contributed by atoms with E-state index in [1.165, 1.54) is 17.8 Å². The summed E-state index contributed by atoms with van der Waals surface area (Å²) in [5.41, 5.74) is 1.04. The van der Waals surface area contributed by atoms with Crippen molar-refractivity contribution in [1.82, 2.24) is 19.7 Å². The summed E-state index contributed by atoms with van der Waals surface area (Å²) in [5, 5.41) is 8.45. The summed E-state index contributed by atoms with van der Waals surface area (Å²) in [5.74, 6) is 1.55. The zero-order valence-electron chi connectivity index (χ0n) is 11.0. The van der Waals surface area contributed by atoms with Gasteiger partial charge in [0.05, 0.1) is 28.7 Å². The molecule has 0 bridgehead atoms. The third-order valence-electron chi connectivity index (χ3n) is 3.22. The van der Waals surface area contributed by atoms with Crippen LogP contribution < -0.4 is 0 Å². The molecule has 19 heavy (non-hydrogen) atoms. The van der Waals surface area contributed by atoms with Crippen molar-refractivity contribution in [2.45, 2.75) is 32.2 Å². The third-order valence-corrected chi connectivity index (χ3v) is 4.85. The fourth-order valence-corrected chi connectivity index (χ4v) is 3.47. The summed E-state index contributed by atoms with van der Waals surface area (Å²) in [4.78, 5) is 5.78. The van der Waals surface area contributed by atoms with E-state index in [2.05, 4.69) is 15.2 Å². The Morgan fingerprint density at radius 1 is 1.53 bits per heavy atom. The summed E-state index contributed by atoms with van der Waals surface area (Å²) in [6.07, 6.45) is 2.53. The standard InChI is InChI=1S/C12H16N4OS2/c1-7-9(19-11(13-7)8-3-4-8)10-14-15-12(18)16(10)5-6-17-2/h8H,3-6H2,1-2H3,(H,15,18). The molecule has 1 aliphatic carbocycles. The number of aromatic nitrogens is 4. The lowest BCUT2D eigenvalue weighted by molar-refractivity contribution is 0.187. The first-order valence-corrected chi connectivity index (χ1v) is 7.55. The molecule has 0 aromatic carbocycles. The molecule has 0 atom stereocenters. The van der Waals surface area contributed by atoms with Gasteiger partial charge < -0.3 is 4.74 Å². The molecule has 0 saturated heterocycles. The fraction of sp³-hybridized carbons (Fsp3) is 0.583. The molecule has 102 valence electrons. The second kappa shape index (κ2) is 5.15. The molecule has 7 heteroatoms. The van der Waals surface area contributed by atoms with Gasteiger partial charge in [-0.25, -0.2) is 4.98 Å². The van der Waals surface area contributed by atoms with E-state index in [0.717, 1.165) is 16.4 Å². The summed E-state index contributed by atoms with van der Waals surface area (Å²) in [6, 6.07) is 0. The molecule has 3 rings (SSSR count). The smallest absolute Gasteiger partial charge is 0.195 e. The number of methoxy groups -OCH3 is 1. The topological polar surface area (TPSA) is 55.7 Å². The quantitative estimate of drug-likeness (QED) is 0.862. The summed E-state index contributed by atoms with van der Waals surface area (Å²) in [7, 11) is 1.69. The molecule has 1 N–H and O–H groups in total. The molecule has 2 aromatic heterocycles. The molecule has 0 aliphatic heterocycles. The van der Waals surface area contributed by atoms with E-state index in [1.54, 1.807) is 18.4 Å². The van der Waals surface area contributed by atoms with Gasteiger partial charge in [0.15, 0.2) is 10.6 Å². The zero-order valence-corrected chi connectivity index (χ0v) is 12.6. The molecule has 2 aromatic rings. The summed E-state index contributed by atoms with van der Waals surface area (Å²) < 4.78 is 7.74. The van der Waals surface area contributed by atoms with Crippen LogP contribution in [0.2, 0.25) is 0 Å². The predicted molar refractivity (Wildman–Crippen MR) is 77.1 cm³/mol. The molecule has 5 nitrogen and oxygen atoms in total. The van der Waals surface area contributed by atoms with E-state index < -0.39 is 0 Å². The molecule has 2 heterocycles. The van der Waals surface area contributed by atoms with Crippen molar-refractivity contribution in [1.29, 1.82) is 0 Å². The lowest BCUT2D eigenvalue weighted by Gasteiger charge is -2.04. The van der Waals surface area contributed by atoms with Crippen molar-refractivity contribution in [2.75, 3.05) is 13.7 Å². The number of H-pyrrole nitrogens is 1. The molecule has 0 spiro atoms. The minimum atomic E-state index is 0.619. The van der Waals surface area contributed by atoms with Crippen LogP contribution in [0, 0.1) is 11.7 Å². The normalized spacial score (nSPS) is 15.1. The number of aryl methyl sites for hydroxylation is 1. The van der Waals surface area contributed by atoms with E-state index in [0.29, 0.717) is 23.8 Å². The van der Waals surface area contributed by atoms with Crippen molar-refractivity contribution in [3.05, 3.63) is 15.5 Å². The van der Waals surface area contributed by atoms with E-state index in [9.17, 15) is 0 Å². The maximum Gasteiger partial charge on any atom is 0.195 e. The van der Waals surface area contributed by atoms with E-state index in [4.69, 9.17) is 17.0 Å². The van der Waals surface area contributed by atoms with Crippen LogP contribution in [0.4, 0.5) is 0 Å². The highest BCUT2D eigenvalue weighted by Gasteiger charge is 2.28. The largest absolute Gasteiger partial charge is 0.383 e. The van der Waals surface area contributed by atoms with Crippen molar-refractivity contribution in [3.63, 3.8) is 0 Å². The van der Waals surface area contributed by atoms with E-state index in [-0.39, 0.29) is 0 Å². The third kappa shape index (κ3) is 2.50. The number of hydrogen-bond acceptors (Lipinski definition) is 5. The number of rotatable bonds is 5. The Hall–Kier alpha value is -1.05. The minimum Gasteiger partial charge on any atom is -0.383 e. The molecule has 1 saturated carbocycles. The van der Waals surface area contributed by atoms with Crippen LogP contribution in [0.25, 0.3) is 10.7 Å². The Morgan fingerprint density at radius 3 is 3.00 bits per heavy atom. The highest BCUT2D eigenvalue weighted by molar-refractivity contribution is 7.71. The predicted octanol–water partition coefficient (Wildman–Crippen LogP) is 2.90. The van der Waals surface area contributed by atoms with Gasteiger partial charge in [-0.15, -0.1) is 11.3 Å². The number of hydrogen-bond donors (Lipinski definition) is 1. The molecular formula is C12H16N4OS2. The van der Waals surface area contributed by atoms with Gasteiger partial charge >= 0.3 is 0 Å². The fourth-order valence-electron chi connectivity index (χ4n) is 2.01. The average Bonchev–Trinajstić information content (AvgIpc) is 3.09. The number of aromatic amines is 1. The maximum atomic E-state index is 5.27. The summed E-state index contributed by atoms with van der Waals surface area (Å²) >= 11 is 7.02. The molecule has 0 radical (unpaired) electrons. The van der Waals surface area contributed by atoms with Gasteiger partial charge in [0.1, 0.15) is 0 Å². The van der Waals surface area contributed by atoms with Gasteiger partial charge in [0.25, 0.3) is 0 Å². The second-order valence-electron chi connectivity index (χ2n) is 4.74. The monoisotopic (exact) mass is 296 g/mol. The number of nitrogens with zero attached hydrogens (tertiary/aromatic N) is 3. The first kappa shape index (κ1) is 13.0. The Labute approximate surface area is 120 Å². The molecule has 0 amide bonds. The van der Waals surface area contributed by atoms with Crippen molar-refractivity contribution in [2.24, 2.45) is 0 Å².